The maximum absolute atomic E-state index is 4.69. The lowest BCUT2D eigenvalue weighted by Crippen LogP contribution is -2.31. The second kappa shape index (κ2) is 7.47. The van der Waals surface area contributed by atoms with Gasteiger partial charge in [-0.3, -0.25) is 0 Å². The summed E-state index contributed by atoms with van der Waals surface area (Å²) in [5.74, 6) is 1.36. The van der Waals surface area contributed by atoms with E-state index in [4.69, 9.17) is 0 Å². The molecule has 0 bridgehead atoms. The van der Waals surface area contributed by atoms with Crippen LogP contribution in [0.2, 0.25) is 0 Å². The summed E-state index contributed by atoms with van der Waals surface area (Å²) >= 11 is 0. The van der Waals surface area contributed by atoms with Crippen molar-refractivity contribution in [3.63, 3.8) is 0 Å². The summed E-state index contributed by atoms with van der Waals surface area (Å²) in [4.78, 5) is 9.19. The summed E-state index contributed by atoms with van der Waals surface area (Å²) in [5, 5.41) is 3.54. The standard InChI is InChI=1S/C15H27N3/c1-6-8-13(16-7-2)10-14-9-12(5)17-15(18-14)11(3)4/h9,11,13,16H,6-8,10H2,1-5H3. The highest BCUT2D eigenvalue weighted by Gasteiger charge is 2.11. The van der Waals surface area contributed by atoms with Crippen LogP contribution >= 0.6 is 0 Å². The average Bonchev–Trinajstić information content (AvgIpc) is 2.28. The SMILES string of the molecule is CCCC(Cc1cc(C)nc(C(C)C)n1)NCC. The average molecular weight is 249 g/mol. The van der Waals surface area contributed by atoms with Gasteiger partial charge in [-0.05, 0) is 26.0 Å². The van der Waals surface area contributed by atoms with Crippen LogP contribution in [-0.4, -0.2) is 22.6 Å². The van der Waals surface area contributed by atoms with Crippen LogP contribution in [0.5, 0.6) is 0 Å². The Kier molecular flexibility index (Phi) is 6.27. The first kappa shape index (κ1) is 15.1. The Balaban J connectivity index is 2.81. The van der Waals surface area contributed by atoms with Crippen molar-refractivity contribution in [3.05, 3.63) is 23.3 Å². The second-order valence-corrected chi connectivity index (χ2v) is 5.26. The molecule has 1 aromatic heterocycles. The molecular formula is C15H27N3. The van der Waals surface area contributed by atoms with Crippen LogP contribution in [-0.2, 0) is 6.42 Å². The minimum Gasteiger partial charge on any atom is -0.314 e. The fourth-order valence-electron chi connectivity index (χ4n) is 2.19. The van der Waals surface area contributed by atoms with Crippen LogP contribution < -0.4 is 5.32 Å². The van der Waals surface area contributed by atoms with E-state index in [9.17, 15) is 0 Å². The van der Waals surface area contributed by atoms with Crippen molar-refractivity contribution in [2.24, 2.45) is 0 Å². The fourth-order valence-corrected chi connectivity index (χ4v) is 2.19. The van der Waals surface area contributed by atoms with Crippen molar-refractivity contribution < 1.29 is 0 Å². The molecule has 0 saturated carbocycles. The summed E-state index contributed by atoms with van der Waals surface area (Å²) in [7, 11) is 0. The highest BCUT2D eigenvalue weighted by molar-refractivity contribution is 5.13. The number of nitrogens with one attached hydrogen (secondary N) is 1. The van der Waals surface area contributed by atoms with Gasteiger partial charge in [0.25, 0.3) is 0 Å². The number of rotatable bonds is 7. The molecule has 0 fully saturated rings. The molecule has 3 heteroatoms. The number of aryl methyl sites for hydroxylation is 1. The predicted octanol–water partition coefficient (Wildman–Crippen LogP) is 3.23. The van der Waals surface area contributed by atoms with E-state index in [2.05, 4.69) is 56.0 Å². The van der Waals surface area contributed by atoms with Gasteiger partial charge in [0.05, 0.1) is 0 Å². The summed E-state index contributed by atoms with van der Waals surface area (Å²) in [6.07, 6.45) is 3.41. The van der Waals surface area contributed by atoms with Crippen molar-refractivity contribution in [2.75, 3.05) is 6.54 Å². The summed E-state index contributed by atoms with van der Waals surface area (Å²) in [5.41, 5.74) is 2.25. The van der Waals surface area contributed by atoms with Gasteiger partial charge in [-0.15, -0.1) is 0 Å². The molecule has 0 spiro atoms. The molecule has 18 heavy (non-hydrogen) atoms. The molecule has 0 amide bonds. The molecule has 0 aliphatic carbocycles. The van der Waals surface area contributed by atoms with Crippen LogP contribution in [0.4, 0.5) is 0 Å². The Labute approximate surface area is 111 Å². The van der Waals surface area contributed by atoms with E-state index >= 15 is 0 Å². The number of aromatic nitrogens is 2. The van der Waals surface area contributed by atoms with E-state index in [1.165, 1.54) is 18.5 Å². The monoisotopic (exact) mass is 249 g/mol. The predicted molar refractivity (Wildman–Crippen MR) is 76.9 cm³/mol. The van der Waals surface area contributed by atoms with E-state index in [1.54, 1.807) is 0 Å². The van der Waals surface area contributed by atoms with Crippen LogP contribution in [0.1, 0.15) is 63.7 Å². The number of nitrogens with zero attached hydrogens (tertiary/aromatic N) is 2. The first-order valence-corrected chi connectivity index (χ1v) is 7.14. The Bertz CT molecular complexity index is 355. The van der Waals surface area contributed by atoms with E-state index in [1.807, 2.05) is 0 Å². The van der Waals surface area contributed by atoms with E-state index in [0.29, 0.717) is 12.0 Å². The molecule has 0 aliphatic heterocycles. The summed E-state index contributed by atoms with van der Waals surface area (Å²) in [6.45, 7) is 11.8. The number of hydrogen-bond acceptors (Lipinski definition) is 3. The molecule has 1 rings (SSSR count). The van der Waals surface area contributed by atoms with Crippen LogP contribution in [0.15, 0.2) is 6.07 Å². The van der Waals surface area contributed by atoms with Crippen LogP contribution in [0.25, 0.3) is 0 Å². The highest BCUT2D eigenvalue weighted by atomic mass is 14.9. The quantitative estimate of drug-likeness (QED) is 0.806. The minimum atomic E-state index is 0.396. The third kappa shape index (κ3) is 4.73. The molecule has 0 aromatic carbocycles. The Morgan fingerprint density at radius 1 is 1.22 bits per heavy atom. The molecule has 1 aromatic rings. The van der Waals surface area contributed by atoms with Gasteiger partial charge in [0.15, 0.2) is 0 Å². The zero-order valence-electron chi connectivity index (χ0n) is 12.5. The normalized spacial score (nSPS) is 13.0. The first-order chi connectivity index (χ1) is 8.56. The lowest BCUT2D eigenvalue weighted by molar-refractivity contribution is 0.480. The summed E-state index contributed by atoms with van der Waals surface area (Å²) in [6, 6.07) is 2.65. The van der Waals surface area contributed by atoms with Gasteiger partial charge in [-0.25, -0.2) is 9.97 Å². The van der Waals surface area contributed by atoms with Gasteiger partial charge in [0.1, 0.15) is 5.82 Å². The molecule has 3 nitrogen and oxygen atoms in total. The molecule has 0 aliphatic rings. The molecule has 0 radical (unpaired) electrons. The zero-order valence-corrected chi connectivity index (χ0v) is 12.5. The van der Waals surface area contributed by atoms with Crippen LogP contribution in [0.3, 0.4) is 0 Å². The highest BCUT2D eigenvalue weighted by Crippen LogP contribution is 2.13. The Morgan fingerprint density at radius 3 is 2.50 bits per heavy atom. The summed E-state index contributed by atoms with van der Waals surface area (Å²) < 4.78 is 0. The second-order valence-electron chi connectivity index (χ2n) is 5.26. The third-order valence-corrected chi connectivity index (χ3v) is 3.03. The van der Waals surface area contributed by atoms with Gasteiger partial charge in [0.2, 0.25) is 0 Å². The van der Waals surface area contributed by atoms with Gasteiger partial charge < -0.3 is 5.32 Å². The van der Waals surface area contributed by atoms with Gasteiger partial charge in [0, 0.05) is 29.8 Å². The largest absolute Gasteiger partial charge is 0.314 e. The molecule has 102 valence electrons. The van der Waals surface area contributed by atoms with Crippen LogP contribution in [0, 0.1) is 6.92 Å². The molecule has 1 heterocycles. The minimum absolute atomic E-state index is 0.396. The molecule has 1 unspecified atom stereocenters. The van der Waals surface area contributed by atoms with Gasteiger partial charge in [-0.2, -0.15) is 0 Å². The lowest BCUT2D eigenvalue weighted by atomic mass is 10.1. The van der Waals surface area contributed by atoms with Crippen molar-refractivity contribution in [2.45, 2.75) is 65.8 Å². The number of hydrogen-bond donors (Lipinski definition) is 1. The molecule has 1 atom stereocenters. The molecule has 1 N–H and O–H groups in total. The number of likely N-dealkylation sites (N-methyl/N-ethyl adjacent to an activating group) is 1. The maximum Gasteiger partial charge on any atom is 0.131 e. The lowest BCUT2D eigenvalue weighted by Gasteiger charge is -2.17. The Morgan fingerprint density at radius 2 is 1.94 bits per heavy atom. The topological polar surface area (TPSA) is 37.8 Å². The maximum atomic E-state index is 4.69. The van der Waals surface area contributed by atoms with Crippen molar-refractivity contribution in [1.29, 1.82) is 0 Å². The van der Waals surface area contributed by atoms with E-state index in [-0.39, 0.29) is 0 Å². The van der Waals surface area contributed by atoms with Gasteiger partial charge in [-0.1, -0.05) is 34.1 Å². The van der Waals surface area contributed by atoms with Crippen molar-refractivity contribution >= 4 is 0 Å². The zero-order chi connectivity index (χ0) is 13.5. The molecule has 0 saturated heterocycles. The fraction of sp³-hybridized carbons (Fsp3) is 0.733. The van der Waals surface area contributed by atoms with Gasteiger partial charge >= 0.3 is 0 Å². The third-order valence-electron chi connectivity index (χ3n) is 3.03. The van der Waals surface area contributed by atoms with E-state index in [0.717, 1.165) is 24.5 Å². The Hall–Kier alpha value is -0.960. The first-order valence-electron chi connectivity index (χ1n) is 7.14. The molecular weight excluding hydrogens is 222 g/mol. The van der Waals surface area contributed by atoms with Crippen molar-refractivity contribution in [1.82, 2.24) is 15.3 Å². The van der Waals surface area contributed by atoms with E-state index < -0.39 is 0 Å². The van der Waals surface area contributed by atoms with Crippen molar-refractivity contribution in [3.8, 4) is 0 Å². The smallest absolute Gasteiger partial charge is 0.131 e.